The van der Waals surface area contributed by atoms with Crippen LogP contribution in [0.5, 0.6) is 0 Å². The lowest BCUT2D eigenvalue weighted by atomic mass is 9.95. The van der Waals surface area contributed by atoms with E-state index in [9.17, 15) is 5.11 Å². The lowest BCUT2D eigenvalue weighted by Crippen LogP contribution is -2.45. The van der Waals surface area contributed by atoms with Crippen molar-refractivity contribution in [2.24, 2.45) is 0 Å². The average molecular weight is 500 g/mol. The summed E-state index contributed by atoms with van der Waals surface area (Å²) in [6.07, 6.45) is 1.19. The first kappa shape index (κ1) is 23.6. The maximum absolute atomic E-state index is 12.0. The number of halogens is 1. The van der Waals surface area contributed by atoms with Crippen molar-refractivity contribution in [1.29, 1.82) is 0 Å². The molecule has 1 heterocycles. The molecule has 2 atom stereocenters. The van der Waals surface area contributed by atoms with Gasteiger partial charge in [0.2, 0.25) is 0 Å². The van der Waals surface area contributed by atoms with Gasteiger partial charge in [0.25, 0.3) is 0 Å². The smallest absolute Gasteiger partial charge is 0.144 e. The standard InChI is InChI=1S/C29H26ClN3OS/c30-24-16-18-25(19-17-24)35-29(21-23-11-5-2-6-12-23,28(34)20-15-22-9-3-1-4-10-22)33-27-14-8-7-13-26(27)31-32-33/h1-14,16-19,28,34H,15,20-21H2. The first-order valence-electron chi connectivity index (χ1n) is 11.7. The molecular formula is C29H26ClN3OS. The third kappa shape index (κ3) is 5.27. The topological polar surface area (TPSA) is 50.9 Å². The SMILES string of the molecule is OC(CCc1ccccc1)C(Cc1ccccc1)(Sc1ccc(Cl)cc1)n1nnc2ccccc21. The van der Waals surface area contributed by atoms with Crippen LogP contribution < -0.4 is 0 Å². The third-order valence-electron chi connectivity index (χ3n) is 6.19. The normalized spacial score (nSPS) is 14.0. The van der Waals surface area contributed by atoms with Crippen LogP contribution in [0.1, 0.15) is 17.5 Å². The summed E-state index contributed by atoms with van der Waals surface area (Å²) in [6.45, 7) is 0. The minimum absolute atomic E-state index is 0.574. The van der Waals surface area contributed by atoms with Crippen molar-refractivity contribution in [3.05, 3.63) is 125 Å². The van der Waals surface area contributed by atoms with Gasteiger partial charge in [-0.25, -0.2) is 4.68 Å². The molecule has 4 aromatic carbocycles. The van der Waals surface area contributed by atoms with Gasteiger partial charge in [-0.15, -0.1) is 5.10 Å². The zero-order chi connectivity index (χ0) is 24.1. The van der Waals surface area contributed by atoms with E-state index in [4.69, 9.17) is 11.6 Å². The number of rotatable bonds is 9. The van der Waals surface area contributed by atoms with E-state index < -0.39 is 11.0 Å². The van der Waals surface area contributed by atoms with Gasteiger partial charge in [0.15, 0.2) is 0 Å². The molecule has 5 aromatic rings. The molecule has 0 fully saturated rings. The summed E-state index contributed by atoms with van der Waals surface area (Å²) in [7, 11) is 0. The highest BCUT2D eigenvalue weighted by atomic mass is 35.5. The summed E-state index contributed by atoms with van der Waals surface area (Å²) < 4.78 is 1.92. The Morgan fingerprint density at radius 1 is 0.800 bits per heavy atom. The van der Waals surface area contributed by atoms with Gasteiger partial charge in [0.1, 0.15) is 10.4 Å². The average Bonchev–Trinajstić information content (AvgIpc) is 3.34. The summed E-state index contributed by atoms with van der Waals surface area (Å²) in [4.78, 5) is 0.170. The van der Waals surface area contributed by atoms with Crippen LogP contribution in [-0.4, -0.2) is 26.2 Å². The van der Waals surface area contributed by atoms with Crippen LogP contribution in [0.2, 0.25) is 5.02 Å². The van der Waals surface area contributed by atoms with E-state index in [0.29, 0.717) is 17.9 Å². The summed E-state index contributed by atoms with van der Waals surface area (Å²) in [5.74, 6) is 0. The van der Waals surface area contributed by atoms with Gasteiger partial charge in [-0.2, -0.15) is 0 Å². The first-order valence-corrected chi connectivity index (χ1v) is 12.8. The summed E-state index contributed by atoms with van der Waals surface area (Å²) in [5.41, 5.74) is 4.01. The number of aromatic nitrogens is 3. The predicted molar refractivity (Wildman–Crippen MR) is 144 cm³/mol. The lowest BCUT2D eigenvalue weighted by molar-refractivity contribution is 0.0778. The third-order valence-corrected chi connectivity index (χ3v) is 7.89. The van der Waals surface area contributed by atoms with E-state index in [2.05, 4.69) is 34.6 Å². The molecule has 0 saturated carbocycles. The Balaban J connectivity index is 1.63. The molecule has 1 aromatic heterocycles. The van der Waals surface area contributed by atoms with Crippen LogP contribution in [0.3, 0.4) is 0 Å². The van der Waals surface area contributed by atoms with E-state index in [0.717, 1.165) is 27.9 Å². The second-order valence-electron chi connectivity index (χ2n) is 8.59. The second-order valence-corrected chi connectivity index (χ2v) is 10.4. The number of benzene rings is 4. The Morgan fingerprint density at radius 2 is 1.43 bits per heavy atom. The fourth-order valence-corrected chi connectivity index (χ4v) is 5.92. The molecule has 176 valence electrons. The molecule has 0 amide bonds. The molecule has 6 heteroatoms. The number of fused-ring (bicyclic) bond motifs is 1. The highest BCUT2D eigenvalue weighted by Gasteiger charge is 2.43. The fraction of sp³-hybridized carbons (Fsp3) is 0.172. The largest absolute Gasteiger partial charge is 0.390 e. The summed E-state index contributed by atoms with van der Waals surface area (Å²) >= 11 is 7.79. The Labute approximate surface area is 214 Å². The minimum atomic E-state index is -0.833. The number of hydrogen-bond acceptors (Lipinski definition) is 4. The monoisotopic (exact) mass is 499 g/mol. The van der Waals surface area contributed by atoms with Crippen molar-refractivity contribution in [2.75, 3.05) is 0 Å². The van der Waals surface area contributed by atoms with Crippen molar-refractivity contribution >= 4 is 34.4 Å². The Bertz CT molecular complexity index is 1380. The highest BCUT2D eigenvalue weighted by Crippen LogP contribution is 2.45. The van der Waals surface area contributed by atoms with Gasteiger partial charge in [-0.3, -0.25) is 0 Å². The van der Waals surface area contributed by atoms with Crippen LogP contribution in [0, 0.1) is 0 Å². The molecule has 0 saturated heterocycles. The van der Waals surface area contributed by atoms with Crippen molar-refractivity contribution in [1.82, 2.24) is 15.0 Å². The van der Waals surface area contributed by atoms with Crippen molar-refractivity contribution in [3.63, 3.8) is 0 Å². The zero-order valence-corrected chi connectivity index (χ0v) is 20.7. The van der Waals surface area contributed by atoms with Crippen LogP contribution in [-0.2, 0) is 17.7 Å². The molecule has 35 heavy (non-hydrogen) atoms. The second kappa shape index (κ2) is 10.6. The number of para-hydroxylation sites is 1. The number of hydrogen-bond donors (Lipinski definition) is 1. The maximum atomic E-state index is 12.0. The minimum Gasteiger partial charge on any atom is -0.390 e. The molecule has 1 N–H and O–H groups in total. The Hall–Kier alpha value is -3.12. The molecule has 0 radical (unpaired) electrons. The predicted octanol–water partition coefficient (Wildman–Crippen LogP) is 6.77. The molecular weight excluding hydrogens is 474 g/mol. The molecule has 2 unspecified atom stereocenters. The van der Waals surface area contributed by atoms with Gasteiger partial charge in [0, 0.05) is 16.3 Å². The lowest BCUT2D eigenvalue weighted by Gasteiger charge is -2.38. The summed E-state index contributed by atoms with van der Waals surface area (Å²) in [5, 5.41) is 21.7. The van der Waals surface area contributed by atoms with E-state index in [1.807, 2.05) is 89.6 Å². The van der Waals surface area contributed by atoms with E-state index >= 15 is 0 Å². The van der Waals surface area contributed by atoms with Gasteiger partial charge in [-0.1, -0.05) is 101 Å². The van der Waals surface area contributed by atoms with Crippen molar-refractivity contribution < 1.29 is 5.11 Å². The fourth-order valence-electron chi connectivity index (χ4n) is 4.40. The molecule has 4 nitrogen and oxygen atoms in total. The Morgan fingerprint density at radius 3 is 2.14 bits per heavy atom. The maximum Gasteiger partial charge on any atom is 0.144 e. The zero-order valence-electron chi connectivity index (χ0n) is 19.2. The van der Waals surface area contributed by atoms with Gasteiger partial charge in [-0.05, 0) is 60.4 Å². The van der Waals surface area contributed by atoms with Gasteiger partial charge < -0.3 is 5.11 Å². The van der Waals surface area contributed by atoms with Crippen LogP contribution in [0.4, 0.5) is 0 Å². The molecule has 5 rings (SSSR count). The molecule has 0 bridgehead atoms. The number of thioether (sulfide) groups is 1. The van der Waals surface area contributed by atoms with Crippen LogP contribution in [0.25, 0.3) is 11.0 Å². The Kier molecular flexibility index (Phi) is 7.19. The molecule has 0 aliphatic carbocycles. The van der Waals surface area contributed by atoms with Crippen molar-refractivity contribution in [2.45, 2.75) is 35.1 Å². The number of aryl methyl sites for hydroxylation is 1. The number of nitrogens with zero attached hydrogens (tertiary/aromatic N) is 3. The number of aliphatic hydroxyl groups excluding tert-OH is 1. The molecule has 0 aliphatic rings. The quantitative estimate of drug-likeness (QED) is 0.227. The van der Waals surface area contributed by atoms with E-state index in [1.54, 1.807) is 11.8 Å². The summed E-state index contributed by atoms with van der Waals surface area (Å²) in [6, 6.07) is 36.2. The first-order chi connectivity index (χ1) is 17.1. The van der Waals surface area contributed by atoms with E-state index in [1.165, 1.54) is 5.56 Å². The molecule has 0 aliphatic heterocycles. The molecule has 0 spiro atoms. The van der Waals surface area contributed by atoms with Crippen LogP contribution in [0.15, 0.2) is 114 Å². The van der Waals surface area contributed by atoms with Gasteiger partial charge >= 0.3 is 0 Å². The highest BCUT2D eigenvalue weighted by molar-refractivity contribution is 8.00. The van der Waals surface area contributed by atoms with Gasteiger partial charge in [0.05, 0.1) is 11.6 Å². The van der Waals surface area contributed by atoms with E-state index in [-0.39, 0.29) is 0 Å². The van der Waals surface area contributed by atoms with Crippen LogP contribution >= 0.6 is 23.4 Å². The number of aliphatic hydroxyl groups is 1. The van der Waals surface area contributed by atoms with Crippen molar-refractivity contribution in [3.8, 4) is 0 Å².